The Morgan fingerprint density at radius 1 is 1.33 bits per heavy atom. The molecule has 2 atom stereocenters. The first-order valence-electron chi connectivity index (χ1n) is 7.26. The lowest BCUT2D eigenvalue weighted by molar-refractivity contribution is 0.0690. The molecule has 6 heteroatoms. The van der Waals surface area contributed by atoms with Gasteiger partial charge in [0, 0.05) is 19.3 Å². The van der Waals surface area contributed by atoms with Gasteiger partial charge in [0.1, 0.15) is 5.69 Å². The number of hydrogen-bond acceptors (Lipinski definition) is 3. The van der Waals surface area contributed by atoms with Crippen LogP contribution in [-0.4, -0.2) is 28.6 Å². The van der Waals surface area contributed by atoms with Gasteiger partial charge in [-0.25, -0.2) is 14.6 Å². The van der Waals surface area contributed by atoms with Gasteiger partial charge < -0.3 is 15.7 Å². The summed E-state index contributed by atoms with van der Waals surface area (Å²) in [4.78, 5) is 26.2. The van der Waals surface area contributed by atoms with Crippen molar-refractivity contribution in [3.63, 3.8) is 0 Å². The van der Waals surface area contributed by atoms with Gasteiger partial charge in [-0.3, -0.25) is 0 Å². The Morgan fingerprint density at radius 2 is 2.14 bits per heavy atom. The fourth-order valence-electron chi connectivity index (χ4n) is 2.65. The topological polar surface area (TPSA) is 91.3 Å². The van der Waals surface area contributed by atoms with E-state index in [2.05, 4.69) is 22.5 Å². The van der Waals surface area contributed by atoms with Crippen molar-refractivity contribution in [1.29, 1.82) is 0 Å². The summed E-state index contributed by atoms with van der Waals surface area (Å²) in [6.45, 7) is 3.27. The summed E-state index contributed by atoms with van der Waals surface area (Å²) in [5.74, 6) is 0.197. The average molecular weight is 291 g/mol. The molecule has 2 unspecified atom stereocenters. The van der Waals surface area contributed by atoms with Crippen molar-refractivity contribution in [2.75, 3.05) is 6.54 Å². The second kappa shape index (κ2) is 7.06. The van der Waals surface area contributed by atoms with Gasteiger partial charge >= 0.3 is 12.0 Å². The fourth-order valence-corrected chi connectivity index (χ4v) is 2.65. The van der Waals surface area contributed by atoms with Crippen LogP contribution in [0.4, 0.5) is 4.79 Å². The summed E-state index contributed by atoms with van der Waals surface area (Å²) in [7, 11) is 0. The van der Waals surface area contributed by atoms with E-state index in [9.17, 15) is 9.59 Å². The van der Waals surface area contributed by atoms with E-state index in [1.165, 1.54) is 31.5 Å². The van der Waals surface area contributed by atoms with Gasteiger partial charge in [-0.1, -0.05) is 25.8 Å². The Morgan fingerprint density at radius 3 is 2.71 bits per heavy atom. The number of carboxylic acid groups (broad SMARTS) is 1. The number of urea groups is 1. The van der Waals surface area contributed by atoms with Gasteiger partial charge in [-0.05, 0) is 29.9 Å². The van der Waals surface area contributed by atoms with Gasteiger partial charge in [-0.15, -0.1) is 0 Å². The van der Waals surface area contributed by atoms with Crippen molar-refractivity contribution in [3.05, 3.63) is 29.6 Å². The van der Waals surface area contributed by atoms with Crippen molar-refractivity contribution in [2.45, 2.75) is 32.7 Å². The first-order chi connectivity index (χ1) is 10.1. The predicted molar refractivity (Wildman–Crippen MR) is 77.9 cm³/mol. The molecular formula is C15H21N3O3. The van der Waals surface area contributed by atoms with Crippen molar-refractivity contribution < 1.29 is 14.7 Å². The minimum atomic E-state index is -1.06. The van der Waals surface area contributed by atoms with Crippen LogP contribution in [0.2, 0.25) is 0 Å². The molecule has 1 aliphatic rings. The largest absolute Gasteiger partial charge is 0.477 e. The normalized spacial score (nSPS) is 21.0. The second-order valence-electron chi connectivity index (χ2n) is 5.59. The molecule has 21 heavy (non-hydrogen) atoms. The summed E-state index contributed by atoms with van der Waals surface area (Å²) >= 11 is 0. The van der Waals surface area contributed by atoms with Crippen LogP contribution in [0.3, 0.4) is 0 Å². The number of carbonyl (C=O) groups excluding carboxylic acids is 1. The summed E-state index contributed by atoms with van der Waals surface area (Å²) in [5.41, 5.74) is 0.766. The van der Waals surface area contributed by atoms with Gasteiger partial charge in [0.2, 0.25) is 0 Å². The van der Waals surface area contributed by atoms with Crippen LogP contribution >= 0.6 is 0 Å². The van der Waals surface area contributed by atoms with Gasteiger partial charge in [0.25, 0.3) is 0 Å². The lowest BCUT2D eigenvalue weighted by atomic mass is 9.98. The zero-order valence-corrected chi connectivity index (χ0v) is 12.1. The molecule has 0 aromatic carbocycles. The maximum Gasteiger partial charge on any atom is 0.354 e. The third kappa shape index (κ3) is 4.44. The van der Waals surface area contributed by atoms with Gasteiger partial charge in [0.15, 0.2) is 0 Å². The first-order valence-corrected chi connectivity index (χ1v) is 7.26. The van der Waals surface area contributed by atoms with Crippen LogP contribution in [0.1, 0.15) is 42.2 Å². The summed E-state index contributed by atoms with van der Waals surface area (Å²) in [6.07, 6.45) is 5.14. The smallest absolute Gasteiger partial charge is 0.354 e. The third-order valence-electron chi connectivity index (χ3n) is 4.06. The van der Waals surface area contributed by atoms with E-state index in [0.29, 0.717) is 24.9 Å². The van der Waals surface area contributed by atoms with Crippen LogP contribution < -0.4 is 10.6 Å². The molecule has 3 N–H and O–H groups in total. The molecule has 0 aliphatic heterocycles. The minimum absolute atomic E-state index is 0.00146. The van der Waals surface area contributed by atoms with E-state index < -0.39 is 5.97 Å². The number of pyridine rings is 1. The maximum atomic E-state index is 11.7. The highest BCUT2D eigenvalue weighted by atomic mass is 16.4. The van der Waals surface area contributed by atoms with Crippen molar-refractivity contribution in [2.24, 2.45) is 11.8 Å². The molecule has 1 fully saturated rings. The number of carbonyl (C=O) groups is 2. The highest BCUT2D eigenvalue weighted by Crippen LogP contribution is 2.30. The number of carboxylic acids is 1. The van der Waals surface area contributed by atoms with Gasteiger partial charge in [0.05, 0.1) is 0 Å². The monoisotopic (exact) mass is 291 g/mol. The number of hydrogen-bond donors (Lipinski definition) is 3. The summed E-state index contributed by atoms with van der Waals surface area (Å²) in [6, 6.07) is 2.88. The van der Waals surface area contributed by atoms with E-state index in [1.807, 2.05) is 0 Å². The highest BCUT2D eigenvalue weighted by molar-refractivity contribution is 5.85. The summed E-state index contributed by atoms with van der Waals surface area (Å²) < 4.78 is 0. The van der Waals surface area contributed by atoms with E-state index in [1.54, 1.807) is 6.07 Å². The first kappa shape index (κ1) is 15.3. The number of nitrogens with one attached hydrogen (secondary N) is 2. The standard InChI is InChI=1S/C15H21N3O3/c1-10-3-2-4-12(10)9-18-15(21)17-8-11-5-6-13(14(19)20)16-7-11/h5-7,10,12H,2-4,8-9H2,1H3,(H,19,20)(H2,17,18,21). The Hall–Kier alpha value is -2.11. The number of aromatic nitrogens is 1. The molecule has 1 aliphatic carbocycles. The molecule has 0 radical (unpaired) electrons. The number of amides is 2. The van der Waals surface area contributed by atoms with Crippen LogP contribution in [-0.2, 0) is 6.54 Å². The second-order valence-corrected chi connectivity index (χ2v) is 5.59. The van der Waals surface area contributed by atoms with Crippen LogP contribution in [0.25, 0.3) is 0 Å². The SMILES string of the molecule is CC1CCCC1CNC(=O)NCc1ccc(C(=O)O)nc1. The zero-order chi connectivity index (χ0) is 15.2. The average Bonchev–Trinajstić information content (AvgIpc) is 2.88. The summed E-state index contributed by atoms with van der Waals surface area (Å²) in [5, 5.41) is 14.4. The zero-order valence-electron chi connectivity index (χ0n) is 12.1. The molecular weight excluding hydrogens is 270 g/mol. The molecule has 2 amide bonds. The number of nitrogens with zero attached hydrogens (tertiary/aromatic N) is 1. The van der Waals surface area contributed by atoms with Crippen molar-refractivity contribution >= 4 is 12.0 Å². The van der Waals surface area contributed by atoms with Crippen LogP contribution in [0.5, 0.6) is 0 Å². The Balaban J connectivity index is 1.72. The molecule has 1 aromatic rings. The van der Waals surface area contributed by atoms with Crippen molar-refractivity contribution in [1.82, 2.24) is 15.6 Å². The van der Waals surface area contributed by atoms with Crippen LogP contribution in [0, 0.1) is 11.8 Å². The lowest BCUT2D eigenvalue weighted by Gasteiger charge is -2.16. The van der Waals surface area contributed by atoms with Crippen molar-refractivity contribution in [3.8, 4) is 0 Å². The Labute approximate surface area is 124 Å². The number of aromatic carboxylic acids is 1. The lowest BCUT2D eigenvalue weighted by Crippen LogP contribution is -2.38. The molecule has 1 aromatic heterocycles. The molecule has 6 nitrogen and oxygen atoms in total. The molecule has 1 saturated carbocycles. The quantitative estimate of drug-likeness (QED) is 0.774. The predicted octanol–water partition coefficient (Wildman–Crippen LogP) is 2.02. The van der Waals surface area contributed by atoms with Gasteiger partial charge in [-0.2, -0.15) is 0 Å². The third-order valence-corrected chi connectivity index (χ3v) is 4.06. The maximum absolute atomic E-state index is 11.7. The molecule has 0 saturated heterocycles. The minimum Gasteiger partial charge on any atom is -0.477 e. The van der Waals surface area contributed by atoms with E-state index >= 15 is 0 Å². The highest BCUT2D eigenvalue weighted by Gasteiger charge is 2.23. The Kier molecular flexibility index (Phi) is 5.14. The molecule has 2 rings (SSSR count). The molecule has 0 spiro atoms. The van der Waals surface area contributed by atoms with E-state index in [4.69, 9.17) is 5.11 Å². The molecule has 114 valence electrons. The number of rotatable bonds is 5. The van der Waals surface area contributed by atoms with Crippen LogP contribution in [0.15, 0.2) is 18.3 Å². The van der Waals surface area contributed by atoms with E-state index in [-0.39, 0.29) is 11.7 Å². The molecule has 1 heterocycles. The fraction of sp³-hybridized carbons (Fsp3) is 0.533. The Bertz CT molecular complexity index is 501. The molecule has 0 bridgehead atoms. The van der Waals surface area contributed by atoms with E-state index in [0.717, 1.165) is 5.56 Å².